The number of nitrogens with two attached hydrogens (primary N) is 1. The molecule has 0 aromatic carbocycles. The Morgan fingerprint density at radius 2 is 2.39 bits per heavy atom. The molecule has 3 rings (SSSR count). The van der Waals surface area contributed by atoms with Crippen LogP contribution in [0.15, 0.2) is 6.20 Å². The molecular formula is C16H26N6O. The SMILES string of the molecule is CCC[C@H](C)Oc1nc(N)c2ncc(CC3CCCNC3)n2n1. The zero-order valence-electron chi connectivity index (χ0n) is 14.0. The van der Waals surface area contributed by atoms with E-state index in [9.17, 15) is 0 Å². The van der Waals surface area contributed by atoms with Crippen molar-refractivity contribution in [2.45, 2.75) is 52.1 Å². The lowest BCUT2D eigenvalue weighted by molar-refractivity contribution is 0.189. The molecule has 3 N–H and O–H groups in total. The summed E-state index contributed by atoms with van der Waals surface area (Å²) in [6.07, 6.45) is 7.35. The topological polar surface area (TPSA) is 90.4 Å². The summed E-state index contributed by atoms with van der Waals surface area (Å²) < 4.78 is 7.59. The van der Waals surface area contributed by atoms with Gasteiger partial charge in [-0.2, -0.15) is 4.98 Å². The summed E-state index contributed by atoms with van der Waals surface area (Å²) in [4.78, 5) is 8.61. The highest BCUT2D eigenvalue weighted by atomic mass is 16.5. The third-order valence-corrected chi connectivity index (χ3v) is 4.34. The zero-order valence-corrected chi connectivity index (χ0v) is 14.0. The molecule has 0 bridgehead atoms. The number of nitrogens with one attached hydrogen (secondary N) is 1. The number of imidazole rings is 1. The van der Waals surface area contributed by atoms with Gasteiger partial charge in [0.15, 0.2) is 11.5 Å². The van der Waals surface area contributed by atoms with Gasteiger partial charge < -0.3 is 15.8 Å². The van der Waals surface area contributed by atoms with Gasteiger partial charge in [-0.3, -0.25) is 0 Å². The van der Waals surface area contributed by atoms with Crippen molar-refractivity contribution < 1.29 is 4.74 Å². The van der Waals surface area contributed by atoms with Crippen molar-refractivity contribution >= 4 is 11.5 Å². The number of ether oxygens (including phenoxy) is 1. The van der Waals surface area contributed by atoms with E-state index >= 15 is 0 Å². The van der Waals surface area contributed by atoms with Crippen LogP contribution in [0.5, 0.6) is 6.01 Å². The van der Waals surface area contributed by atoms with E-state index in [4.69, 9.17) is 10.5 Å². The standard InChI is InChI=1S/C16H26N6O/c1-3-5-11(2)23-16-20-14(17)15-19-10-13(22(15)21-16)8-12-6-4-7-18-9-12/h10-12,18H,3-9H2,1-2H3,(H2,17,20,21)/t11-,12?/m0/s1. The van der Waals surface area contributed by atoms with Crippen molar-refractivity contribution in [3.63, 3.8) is 0 Å². The highest BCUT2D eigenvalue weighted by molar-refractivity contribution is 5.59. The van der Waals surface area contributed by atoms with Crippen molar-refractivity contribution in [2.75, 3.05) is 18.8 Å². The lowest BCUT2D eigenvalue weighted by atomic mass is 9.95. The molecule has 7 nitrogen and oxygen atoms in total. The molecule has 1 unspecified atom stereocenters. The summed E-state index contributed by atoms with van der Waals surface area (Å²) >= 11 is 0. The highest BCUT2D eigenvalue weighted by Gasteiger charge is 2.18. The maximum Gasteiger partial charge on any atom is 0.336 e. The monoisotopic (exact) mass is 318 g/mol. The molecule has 126 valence electrons. The van der Waals surface area contributed by atoms with Crippen molar-refractivity contribution in [2.24, 2.45) is 5.92 Å². The molecule has 0 aliphatic carbocycles. The fraction of sp³-hybridized carbons (Fsp3) is 0.688. The van der Waals surface area contributed by atoms with Gasteiger partial charge in [0.2, 0.25) is 0 Å². The van der Waals surface area contributed by atoms with Crippen LogP contribution in [0.2, 0.25) is 0 Å². The Hall–Kier alpha value is -1.89. The van der Waals surface area contributed by atoms with Crippen LogP contribution in [-0.4, -0.2) is 38.8 Å². The Labute approximate surface area is 136 Å². The molecule has 2 atom stereocenters. The number of anilines is 1. The molecule has 1 saturated heterocycles. The Bertz CT molecular complexity index is 649. The van der Waals surface area contributed by atoms with Gasteiger partial charge in [-0.15, -0.1) is 5.10 Å². The van der Waals surface area contributed by atoms with Crippen LogP contribution in [0.25, 0.3) is 5.65 Å². The summed E-state index contributed by atoms with van der Waals surface area (Å²) in [5.41, 5.74) is 7.70. The van der Waals surface area contributed by atoms with E-state index in [1.54, 1.807) is 4.52 Å². The smallest absolute Gasteiger partial charge is 0.336 e. The summed E-state index contributed by atoms with van der Waals surface area (Å²) in [6.45, 7) is 6.32. The van der Waals surface area contributed by atoms with Crippen LogP contribution < -0.4 is 15.8 Å². The first-order chi connectivity index (χ1) is 11.2. The van der Waals surface area contributed by atoms with Gasteiger partial charge >= 0.3 is 6.01 Å². The lowest BCUT2D eigenvalue weighted by Crippen LogP contribution is -2.31. The van der Waals surface area contributed by atoms with Crippen LogP contribution in [0, 0.1) is 5.92 Å². The zero-order chi connectivity index (χ0) is 16.2. The van der Waals surface area contributed by atoms with Gasteiger partial charge in [0.25, 0.3) is 0 Å². The van der Waals surface area contributed by atoms with Gasteiger partial charge in [0.1, 0.15) is 0 Å². The second-order valence-corrected chi connectivity index (χ2v) is 6.40. The number of nitrogen functional groups attached to an aromatic ring is 1. The molecule has 1 aliphatic heterocycles. The normalized spacial score (nSPS) is 19.8. The summed E-state index contributed by atoms with van der Waals surface area (Å²) in [5, 5.41) is 7.95. The third-order valence-electron chi connectivity index (χ3n) is 4.34. The minimum atomic E-state index is 0.0753. The van der Waals surface area contributed by atoms with Gasteiger partial charge in [0, 0.05) is 0 Å². The number of piperidine rings is 1. The quantitative estimate of drug-likeness (QED) is 0.844. The molecule has 2 aromatic rings. The van der Waals surface area contributed by atoms with E-state index in [-0.39, 0.29) is 6.10 Å². The van der Waals surface area contributed by atoms with Crippen molar-refractivity contribution in [3.8, 4) is 6.01 Å². The van der Waals surface area contributed by atoms with Crippen LogP contribution in [0.1, 0.15) is 45.2 Å². The van der Waals surface area contributed by atoms with Crippen LogP contribution in [0.3, 0.4) is 0 Å². The van der Waals surface area contributed by atoms with E-state index in [2.05, 4.69) is 27.3 Å². The van der Waals surface area contributed by atoms with E-state index in [0.29, 0.717) is 23.4 Å². The molecule has 3 heterocycles. The second kappa shape index (κ2) is 7.12. The maximum absolute atomic E-state index is 6.03. The minimum absolute atomic E-state index is 0.0753. The fourth-order valence-corrected chi connectivity index (χ4v) is 3.16. The van der Waals surface area contributed by atoms with E-state index in [1.165, 1.54) is 12.8 Å². The van der Waals surface area contributed by atoms with Crippen LogP contribution >= 0.6 is 0 Å². The molecular weight excluding hydrogens is 292 g/mol. The van der Waals surface area contributed by atoms with Gasteiger partial charge in [-0.25, -0.2) is 9.50 Å². The molecule has 1 aliphatic rings. The molecule has 0 amide bonds. The first-order valence-electron chi connectivity index (χ1n) is 8.55. The lowest BCUT2D eigenvalue weighted by Gasteiger charge is -2.22. The van der Waals surface area contributed by atoms with Gasteiger partial charge in [-0.05, 0) is 51.6 Å². The van der Waals surface area contributed by atoms with E-state index in [1.807, 2.05) is 13.1 Å². The van der Waals surface area contributed by atoms with E-state index in [0.717, 1.165) is 38.0 Å². The summed E-state index contributed by atoms with van der Waals surface area (Å²) in [5.74, 6) is 0.981. The van der Waals surface area contributed by atoms with Crippen molar-refractivity contribution in [1.29, 1.82) is 0 Å². The van der Waals surface area contributed by atoms with Crippen molar-refractivity contribution in [3.05, 3.63) is 11.9 Å². The third kappa shape index (κ3) is 3.72. The molecule has 2 aromatic heterocycles. The number of hydrogen-bond acceptors (Lipinski definition) is 6. The molecule has 1 fully saturated rings. The highest BCUT2D eigenvalue weighted by Crippen LogP contribution is 2.20. The minimum Gasteiger partial charge on any atom is -0.459 e. The first kappa shape index (κ1) is 16.0. The second-order valence-electron chi connectivity index (χ2n) is 6.40. The predicted octanol–water partition coefficient (Wildman–Crippen LogP) is 1.82. The van der Waals surface area contributed by atoms with Crippen LogP contribution in [-0.2, 0) is 6.42 Å². The Morgan fingerprint density at radius 3 is 3.13 bits per heavy atom. The molecule has 7 heteroatoms. The number of aromatic nitrogens is 4. The van der Waals surface area contributed by atoms with Gasteiger partial charge in [-0.1, -0.05) is 13.3 Å². The largest absolute Gasteiger partial charge is 0.459 e. The molecule has 0 spiro atoms. The average Bonchev–Trinajstić information content (AvgIpc) is 2.92. The summed E-state index contributed by atoms with van der Waals surface area (Å²) in [7, 11) is 0. The van der Waals surface area contributed by atoms with Gasteiger partial charge in [0.05, 0.1) is 18.0 Å². The Morgan fingerprint density at radius 1 is 1.52 bits per heavy atom. The molecule has 0 saturated carbocycles. The Balaban J connectivity index is 1.83. The predicted molar refractivity (Wildman–Crippen MR) is 89.5 cm³/mol. The fourth-order valence-electron chi connectivity index (χ4n) is 3.16. The van der Waals surface area contributed by atoms with E-state index < -0.39 is 0 Å². The molecule has 23 heavy (non-hydrogen) atoms. The first-order valence-corrected chi connectivity index (χ1v) is 8.55. The van der Waals surface area contributed by atoms with Crippen LogP contribution in [0.4, 0.5) is 5.82 Å². The number of nitrogens with zero attached hydrogens (tertiary/aromatic N) is 4. The number of hydrogen-bond donors (Lipinski definition) is 2. The average molecular weight is 318 g/mol. The number of fused-ring (bicyclic) bond motifs is 1. The Kier molecular flexibility index (Phi) is 4.95. The molecule has 0 radical (unpaired) electrons. The maximum atomic E-state index is 6.03. The van der Waals surface area contributed by atoms with Crippen molar-refractivity contribution in [1.82, 2.24) is 24.9 Å². The number of rotatable bonds is 6. The summed E-state index contributed by atoms with van der Waals surface area (Å²) in [6, 6.07) is 0.331.